The Morgan fingerprint density at radius 1 is 0.881 bits per heavy atom. The Bertz CT molecular complexity index is 1160. The summed E-state index contributed by atoms with van der Waals surface area (Å²) in [6.45, 7) is 3.85. The van der Waals surface area contributed by atoms with Crippen molar-refractivity contribution in [1.29, 1.82) is 0 Å². The maximum absolute atomic E-state index is 12.3. The van der Waals surface area contributed by atoms with Gasteiger partial charge >= 0.3 is 0 Å². The maximum atomic E-state index is 12.3. The van der Waals surface area contributed by atoms with Crippen molar-refractivity contribution in [2.75, 3.05) is 38.2 Å². The average molecular weight is 584 g/mol. The van der Waals surface area contributed by atoms with Gasteiger partial charge in [-0.25, -0.2) is 5.48 Å². The highest BCUT2D eigenvalue weighted by Gasteiger charge is 2.41. The number of unbranched alkanes of at least 4 members (excludes halogenated alkanes) is 1. The third-order valence-corrected chi connectivity index (χ3v) is 8.16. The van der Waals surface area contributed by atoms with E-state index in [1.54, 1.807) is 5.48 Å². The van der Waals surface area contributed by atoms with E-state index < -0.39 is 18.0 Å². The second kappa shape index (κ2) is 14.5. The van der Waals surface area contributed by atoms with Gasteiger partial charge in [0.05, 0.1) is 32.0 Å². The lowest BCUT2D eigenvalue weighted by molar-refractivity contribution is -0.255. The molecule has 2 aromatic carbocycles. The van der Waals surface area contributed by atoms with Gasteiger partial charge in [0.1, 0.15) is 0 Å². The lowest BCUT2D eigenvalue weighted by Gasteiger charge is -2.41. The monoisotopic (exact) mass is 583 g/mol. The second-order valence-electron chi connectivity index (χ2n) is 11.2. The van der Waals surface area contributed by atoms with Gasteiger partial charge in [-0.3, -0.25) is 14.8 Å². The number of rotatable bonds is 11. The predicted molar refractivity (Wildman–Crippen MR) is 152 cm³/mol. The van der Waals surface area contributed by atoms with Crippen LogP contribution in [-0.4, -0.2) is 71.8 Å². The van der Waals surface area contributed by atoms with Crippen LogP contribution in [0.1, 0.15) is 74.0 Å². The first-order valence-corrected chi connectivity index (χ1v) is 14.8. The molecule has 0 aliphatic carbocycles. The molecule has 3 fully saturated rings. The molecule has 3 heterocycles. The van der Waals surface area contributed by atoms with Gasteiger partial charge in [0.25, 0.3) is 0 Å². The Labute approximate surface area is 246 Å². The van der Waals surface area contributed by atoms with Gasteiger partial charge in [-0.2, -0.15) is 0 Å². The number of benzene rings is 2. The first-order chi connectivity index (χ1) is 20.4. The molecule has 4 N–H and O–H groups in total. The quantitative estimate of drug-likeness (QED) is 0.178. The molecule has 1 spiro atoms. The van der Waals surface area contributed by atoms with Crippen molar-refractivity contribution in [3.8, 4) is 0 Å². The molecule has 0 radical (unpaired) electrons. The second-order valence-corrected chi connectivity index (χ2v) is 11.2. The van der Waals surface area contributed by atoms with Crippen LogP contribution in [0.25, 0.3) is 0 Å². The van der Waals surface area contributed by atoms with Gasteiger partial charge in [-0.1, -0.05) is 36.4 Å². The number of piperidine rings is 1. The summed E-state index contributed by atoms with van der Waals surface area (Å²) in [6.07, 6.45) is 3.10. The van der Waals surface area contributed by atoms with E-state index in [9.17, 15) is 14.7 Å². The number of carbonyl (C=O) groups is 2. The van der Waals surface area contributed by atoms with Gasteiger partial charge in [0.2, 0.25) is 11.8 Å². The number of nitrogens with one attached hydrogen (secondary N) is 2. The van der Waals surface area contributed by atoms with Crippen LogP contribution >= 0.6 is 0 Å². The molecule has 3 aliphatic rings. The molecule has 0 bridgehead atoms. The van der Waals surface area contributed by atoms with Crippen LogP contribution in [0.15, 0.2) is 48.5 Å². The molecule has 228 valence electrons. The molecule has 11 nitrogen and oxygen atoms in total. The number of likely N-dealkylation sites (tertiary alicyclic amines) is 1. The maximum Gasteiger partial charge on any atom is 0.243 e. The van der Waals surface area contributed by atoms with Gasteiger partial charge < -0.3 is 34.3 Å². The van der Waals surface area contributed by atoms with Gasteiger partial charge in [-0.15, -0.1) is 0 Å². The Morgan fingerprint density at radius 2 is 1.52 bits per heavy atom. The highest BCUT2D eigenvalue weighted by molar-refractivity contribution is 5.90. The number of hydrogen-bond donors (Lipinski definition) is 4. The van der Waals surface area contributed by atoms with Crippen LogP contribution in [0.5, 0.6) is 0 Å². The van der Waals surface area contributed by atoms with E-state index in [0.29, 0.717) is 38.2 Å². The summed E-state index contributed by atoms with van der Waals surface area (Å²) in [4.78, 5) is 25.8. The van der Waals surface area contributed by atoms with Crippen LogP contribution in [0, 0.1) is 0 Å². The summed E-state index contributed by atoms with van der Waals surface area (Å²) < 4.78 is 24.7. The fourth-order valence-corrected chi connectivity index (χ4v) is 5.76. The molecule has 0 unspecified atom stereocenters. The van der Waals surface area contributed by atoms with E-state index >= 15 is 0 Å². The molecular weight excluding hydrogens is 542 g/mol. The number of carbonyl (C=O) groups excluding carboxylic acids is 2. The van der Waals surface area contributed by atoms with E-state index in [-0.39, 0.29) is 37.6 Å². The predicted octanol–water partition coefficient (Wildman–Crippen LogP) is 3.57. The topological polar surface area (TPSA) is 139 Å². The summed E-state index contributed by atoms with van der Waals surface area (Å²) in [5.74, 6) is -1.01. The fraction of sp³-hybridized carbons (Fsp3) is 0.548. The number of aliphatic hydroxyl groups is 1. The summed E-state index contributed by atoms with van der Waals surface area (Å²) in [7, 11) is 0. The number of anilines is 1. The number of aliphatic hydroxyl groups excluding tert-OH is 1. The molecule has 3 atom stereocenters. The molecule has 3 saturated heterocycles. The van der Waals surface area contributed by atoms with Crippen molar-refractivity contribution >= 4 is 17.5 Å². The van der Waals surface area contributed by atoms with Crippen molar-refractivity contribution < 1.29 is 38.9 Å². The summed E-state index contributed by atoms with van der Waals surface area (Å²) in [6, 6.07) is 15.3. The first-order valence-electron chi connectivity index (χ1n) is 14.8. The number of amides is 2. The van der Waals surface area contributed by atoms with Gasteiger partial charge in [0, 0.05) is 63.0 Å². The summed E-state index contributed by atoms with van der Waals surface area (Å²) in [5, 5.41) is 20.9. The number of nitrogens with zero attached hydrogens (tertiary/aromatic N) is 1. The van der Waals surface area contributed by atoms with E-state index in [1.165, 1.54) is 0 Å². The normalized spacial score (nSPS) is 24.0. The number of ether oxygens (including phenoxy) is 4. The van der Waals surface area contributed by atoms with E-state index in [2.05, 4.69) is 10.2 Å². The minimum atomic E-state index is -0.577. The van der Waals surface area contributed by atoms with Crippen molar-refractivity contribution in [3.05, 3.63) is 65.2 Å². The first kappa shape index (κ1) is 30.6. The van der Waals surface area contributed by atoms with Gasteiger partial charge in [-0.05, 0) is 36.1 Å². The third kappa shape index (κ3) is 8.13. The zero-order chi connectivity index (χ0) is 29.4. The SMILES string of the molecule is O=C(CCCCC(=O)Nc1ccc([C@@H]2O[C@H](CN3CCC4(CC3)OCCO4)C[C@H](c3ccc(CO)cc3)O2)cc1)NO. The standard InChI is InChI=1S/C31H41N3O8/c35-21-22-5-7-23(8-6-22)27-19-26(20-34-15-13-31(14-16-34)39-17-18-40-31)41-30(42-27)24-9-11-25(12-10-24)32-28(36)3-1-2-4-29(37)33-38/h5-12,26-27,30,35,38H,1-4,13-21H2,(H,32,36)(H,33,37)/t26-,27+,30+/m0/s1. The van der Waals surface area contributed by atoms with Gasteiger partial charge in [0.15, 0.2) is 12.1 Å². The van der Waals surface area contributed by atoms with Crippen LogP contribution in [-0.2, 0) is 35.1 Å². The number of hydroxylamine groups is 1. The Balaban J connectivity index is 1.20. The lowest BCUT2D eigenvalue weighted by Crippen LogP contribution is -2.48. The van der Waals surface area contributed by atoms with Crippen molar-refractivity contribution in [3.63, 3.8) is 0 Å². The third-order valence-electron chi connectivity index (χ3n) is 8.16. The van der Waals surface area contributed by atoms with Crippen LogP contribution in [0.4, 0.5) is 5.69 Å². The molecule has 0 saturated carbocycles. The Hall–Kier alpha value is -2.90. The number of hydrogen-bond acceptors (Lipinski definition) is 9. The molecule has 5 rings (SSSR count). The molecule has 11 heteroatoms. The highest BCUT2D eigenvalue weighted by atomic mass is 16.7. The molecule has 2 amide bonds. The van der Waals surface area contributed by atoms with Crippen molar-refractivity contribution in [2.45, 2.75) is 75.8 Å². The van der Waals surface area contributed by atoms with Crippen LogP contribution < -0.4 is 10.8 Å². The molecule has 2 aromatic rings. The highest BCUT2D eigenvalue weighted by Crippen LogP contribution is 2.39. The Kier molecular flexibility index (Phi) is 10.6. The minimum Gasteiger partial charge on any atom is -0.392 e. The molecule has 42 heavy (non-hydrogen) atoms. The fourth-order valence-electron chi connectivity index (χ4n) is 5.76. The zero-order valence-corrected chi connectivity index (χ0v) is 23.8. The summed E-state index contributed by atoms with van der Waals surface area (Å²) in [5.41, 5.74) is 5.01. The van der Waals surface area contributed by atoms with E-state index in [4.69, 9.17) is 24.2 Å². The molecule has 3 aliphatic heterocycles. The van der Waals surface area contributed by atoms with Crippen molar-refractivity contribution in [1.82, 2.24) is 10.4 Å². The zero-order valence-electron chi connectivity index (χ0n) is 23.8. The minimum absolute atomic E-state index is 0.00615. The Morgan fingerprint density at radius 3 is 2.17 bits per heavy atom. The smallest absolute Gasteiger partial charge is 0.243 e. The van der Waals surface area contributed by atoms with E-state index in [0.717, 1.165) is 49.2 Å². The van der Waals surface area contributed by atoms with E-state index in [1.807, 2.05) is 48.5 Å². The average Bonchev–Trinajstić information content (AvgIpc) is 3.48. The van der Waals surface area contributed by atoms with Crippen LogP contribution in [0.2, 0.25) is 0 Å². The molecule has 0 aromatic heterocycles. The molecular formula is C31H41N3O8. The van der Waals surface area contributed by atoms with Crippen LogP contribution in [0.3, 0.4) is 0 Å². The summed E-state index contributed by atoms with van der Waals surface area (Å²) >= 11 is 0. The lowest BCUT2D eigenvalue weighted by atomic mass is 9.98. The largest absolute Gasteiger partial charge is 0.392 e. The van der Waals surface area contributed by atoms with Crippen molar-refractivity contribution in [2.24, 2.45) is 0 Å².